The van der Waals surface area contributed by atoms with E-state index in [-0.39, 0.29) is 5.25 Å². The van der Waals surface area contributed by atoms with Gasteiger partial charge < -0.3 is 5.32 Å². The summed E-state index contributed by atoms with van der Waals surface area (Å²) in [6.45, 7) is 7.20. The Morgan fingerprint density at radius 1 is 1.39 bits per heavy atom. The van der Waals surface area contributed by atoms with Gasteiger partial charge in [-0.15, -0.1) is 0 Å². The zero-order valence-corrected chi connectivity index (χ0v) is 13.9. The van der Waals surface area contributed by atoms with E-state index >= 15 is 0 Å². The van der Waals surface area contributed by atoms with E-state index in [0.717, 1.165) is 17.4 Å². The average Bonchev–Trinajstić information content (AvgIpc) is 2.32. The van der Waals surface area contributed by atoms with E-state index in [1.807, 2.05) is 6.92 Å². The maximum atomic E-state index is 11.2. The molecule has 18 heavy (non-hydrogen) atoms. The average molecular weight is 332 g/mol. The van der Waals surface area contributed by atoms with Crippen molar-refractivity contribution in [1.29, 1.82) is 0 Å². The smallest absolute Gasteiger partial charge is 0.0329 e. The Balaban J connectivity index is 2.47. The van der Waals surface area contributed by atoms with Crippen LogP contribution in [0.3, 0.4) is 0 Å². The highest BCUT2D eigenvalue weighted by Gasteiger charge is 2.09. The van der Waals surface area contributed by atoms with Gasteiger partial charge in [-0.1, -0.05) is 35.0 Å². The summed E-state index contributed by atoms with van der Waals surface area (Å²) in [5, 5.41) is 3.74. The summed E-state index contributed by atoms with van der Waals surface area (Å²) < 4.78 is 12.4. The van der Waals surface area contributed by atoms with E-state index in [4.69, 9.17) is 0 Å². The predicted molar refractivity (Wildman–Crippen MR) is 83.4 cm³/mol. The van der Waals surface area contributed by atoms with Gasteiger partial charge in [0.1, 0.15) is 0 Å². The predicted octanol–water partition coefficient (Wildman–Crippen LogP) is 3.57. The molecule has 3 atom stereocenters. The van der Waals surface area contributed by atoms with Crippen LogP contribution in [0.4, 0.5) is 0 Å². The summed E-state index contributed by atoms with van der Waals surface area (Å²) in [6, 6.07) is 6.75. The van der Waals surface area contributed by atoms with Crippen LogP contribution in [0.25, 0.3) is 0 Å². The molecular weight excluding hydrogens is 310 g/mol. The summed E-state index contributed by atoms with van der Waals surface area (Å²) in [7, 11) is -0.722. The lowest BCUT2D eigenvalue weighted by Gasteiger charge is -2.16. The Morgan fingerprint density at radius 2 is 2.06 bits per heavy atom. The number of halogens is 1. The molecule has 0 spiro atoms. The van der Waals surface area contributed by atoms with Crippen molar-refractivity contribution in [3.05, 3.63) is 33.8 Å². The molecule has 0 aliphatic carbocycles. The number of rotatable bonds is 6. The summed E-state index contributed by atoms with van der Waals surface area (Å²) in [6.07, 6.45) is 2.72. The van der Waals surface area contributed by atoms with Crippen LogP contribution in [0, 0.1) is 6.92 Å². The summed E-state index contributed by atoms with van der Waals surface area (Å²) >= 11 is 3.51. The number of aryl methyl sites for hydroxylation is 1. The van der Waals surface area contributed by atoms with Gasteiger partial charge in [0.15, 0.2) is 0 Å². The van der Waals surface area contributed by atoms with Gasteiger partial charge in [-0.25, -0.2) is 0 Å². The third kappa shape index (κ3) is 4.82. The minimum absolute atomic E-state index is 0.261. The van der Waals surface area contributed by atoms with Crippen molar-refractivity contribution in [3.63, 3.8) is 0 Å². The van der Waals surface area contributed by atoms with E-state index in [1.165, 1.54) is 11.1 Å². The Kier molecular flexibility index (Phi) is 6.53. The van der Waals surface area contributed by atoms with Crippen molar-refractivity contribution in [1.82, 2.24) is 5.32 Å². The van der Waals surface area contributed by atoms with Gasteiger partial charge in [0.2, 0.25) is 0 Å². The highest BCUT2D eigenvalue weighted by Crippen LogP contribution is 2.21. The molecule has 4 heteroatoms. The number of benzene rings is 1. The van der Waals surface area contributed by atoms with Crippen molar-refractivity contribution in [2.45, 2.75) is 38.5 Å². The second-order valence-electron chi connectivity index (χ2n) is 4.78. The molecule has 0 amide bonds. The molecule has 3 unspecified atom stereocenters. The van der Waals surface area contributed by atoms with Gasteiger partial charge in [-0.3, -0.25) is 4.21 Å². The minimum atomic E-state index is -0.722. The van der Waals surface area contributed by atoms with Gasteiger partial charge in [-0.05, 0) is 44.0 Å². The fourth-order valence-corrected chi connectivity index (χ4v) is 2.42. The van der Waals surface area contributed by atoms with E-state index in [2.05, 4.69) is 53.3 Å². The molecule has 0 aliphatic rings. The van der Waals surface area contributed by atoms with Crippen LogP contribution < -0.4 is 5.32 Å². The number of nitrogens with one attached hydrogen (secondary N) is 1. The van der Waals surface area contributed by atoms with Crippen molar-refractivity contribution in [2.24, 2.45) is 0 Å². The third-order valence-corrected chi connectivity index (χ3v) is 5.51. The zero-order valence-electron chi connectivity index (χ0n) is 11.5. The largest absolute Gasteiger partial charge is 0.310 e. The second-order valence-corrected chi connectivity index (χ2v) is 7.44. The molecule has 0 aliphatic heterocycles. The van der Waals surface area contributed by atoms with E-state index < -0.39 is 10.8 Å². The summed E-state index contributed by atoms with van der Waals surface area (Å²) in [4.78, 5) is 0. The van der Waals surface area contributed by atoms with Gasteiger partial charge in [0, 0.05) is 32.8 Å². The molecule has 2 nitrogen and oxygen atoms in total. The molecule has 0 radical (unpaired) electrons. The standard InChI is InChI=1S/C14H22BrNOS/c1-10-9-13(5-6-14(10)15)12(3)16-8-7-11(2)18(4)17/h5-6,9,11-12,16H,7-8H2,1-4H3. The Bertz CT molecular complexity index is 422. The summed E-state index contributed by atoms with van der Waals surface area (Å²) in [5.41, 5.74) is 2.55. The van der Waals surface area contributed by atoms with Crippen LogP contribution in [-0.2, 0) is 10.8 Å². The van der Waals surface area contributed by atoms with Gasteiger partial charge in [-0.2, -0.15) is 0 Å². The quantitative estimate of drug-likeness (QED) is 0.863. The SMILES string of the molecule is Cc1cc(C(C)NCCC(C)S(C)=O)ccc1Br. The normalized spacial score (nSPS) is 16.3. The van der Waals surface area contributed by atoms with Crippen LogP contribution >= 0.6 is 15.9 Å². The topological polar surface area (TPSA) is 29.1 Å². The Hall–Kier alpha value is -0.190. The van der Waals surface area contributed by atoms with Crippen molar-refractivity contribution < 1.29 is 4.21 Å². The van der Waals surface area contributed by atoms with Crippen molar-refractivity contribution in [2.75, 3.05) is 12.8 Å². The van der Waals surface area contributed by atoms with Crippen molar-refractivity contribution >= 4 is 26.7 Å². The third-order valence-electron chi connectivity index (χ3n) is 3.25. The summed E-state index contributed by atoms with van der Waals surface area (Å²) in [5.74, 6) is 0. The van der Waals surface area contributed by atoms with Crippen LogP contribution in [0.2, 0.25) is 0 Å². The van der Waals surface area contributed by atoms with E-state index in [9.17, 15) is 4.21 Å². The molecule has 1 aromatic carbocycles. The number of hydrogen-bond acceptors (Lipinski definition) is 2. The molecule has 0 fully saturated rings. The molecular formula is C14H22BrNOS. The van der Waals surface area contributed by atoms with Gasteiger partial charge in [0.05, 0.1) is 0 Å². The zero-order chi connectivity index (χ0) is 13.7. The first-order valence-electron chi connectivity index (χ1n) is 6.23. The Morgan fingerprint density at radius 3 is 2.61 bits per heavy atom. The molecule has 0 heterocycles. The lowest BCUT2D eigenvalue weighted by molar-refractivity contribution is 0.553. The second kappa shape index (κ2) is 7.41. The fourth-order valence-electron chi connectivity index (χ4n) is 1.72. The monoisotopic (exact) mass is 331 g/mol. The molecule has 0 saturated heterocycles. The van der Waals surface area contributed by atoms with Crippen LogP contribution in [0.5, 0.6) is 0 Å². The molecule has 1 aromatic rings. The molecule has 0 bridgehead atoms. The fraction of sp³-hybridized carbons (Fsp3) is 0.571. The molecule has 102 valence electrons. The molecule has 1 N–H and O–H groups in total. The van der Waals surface area contributed by atoms with E-state index in [1.54, 1.807) is 6.26 Å². The molecule has 0 aromatic heterocycles. The van der Waals surface area contributed by atoms with Crippen molar-refractivity contribution in [3.8, 4) is 0 Å². The highest BCUT2D eigenvalue weighted by molar-refractivity contribution is 9.10. The van der Waals surface area contributed by atoms with E-state index in [0.29, 0.717) is 6.04 Å². The lowest BCUT2D eigenvalue weighted by atomic mass is 10.1. The van der Waals surface area contributed by atoms with Crippen LogP contribution in [-0.4, -0.2) is 22.3 Å². The number of hydrogen-bond donors (Lipinski definition) is 1. The first kappa shape index (κ1) is 15.9. The lowest BCUT2D eigenvalue weighted by Crippen LogP contribution is -2.24. The maximum Gasteiger partial charge on any atom is 0.0329 e. The minimum Gasteiger partial charge on any atom is -0.310 e. The molecule has 1 rings (SSSR count). The molecule has 0 saturated carbocycles. The highest BCUT2D eigenvalue weighted by atomic mass is 79.9. The van der Waals surface area contributed by atoms with Crippen LogP contribution in [0.15, 0.2) is 22.7 Å². The first-order valence-corrected chi connectivity index (χ1v) is 8.65. The Labute approximate surface area is 121 Å². The van der Waals surface area contributed by atoms with Gasteiger partial charge in [0.25, 0.3) is 0 Å². The van der Waals surface area contributed by atoms with Crippen LogP contribution in [0.1, 0.15) is 37.4 Å². The maximum absolute atomic E-state index is 11.2. The van der Waals surface area contributed by atoms with Gasteiger partial charge >= 0.3 is 0 Å². The first-order chi connectivity index (χ1) is 8.41.